The van der Waals surface area contributed by atoms with Gasteiger partial charge in [0.15, 0.2) is 0 Å². The number of carbonyl (C=O) groups is 1. The van der Waals surface area contributed by atoms with Crippen LogP contribution >= 0.6 is 0 Å². The SMILES string of the molecule is CC(C)c1ccc(CCNC(=O)N2CCN(c3ncccn3)CC2)cc1. The zero-order chi connectivity index (χ0) is 18.4. The number of urea groups is 1. The number of hydrogen-bond acceptors (Lipinski definition) is 4. The van der Waals surface area contributed by atoms with Crippen LogP contribution in [0.15, 0.2) is 42.7 Å². The molecule has 1 aliphatic heterocycles. The number of aromatic nitrogens is 2. The Hall–Kier alpha value is -2.63. The van der Waals surface area contributed by atoms with Crippen molar-refractivity contribution in [2.45, 2.75) is 26.2 Å². The summed E-state index contributed by atoms with van der Waals surface area (Å²) in [7, 11) is 0. The highest BCUT2D eigenvalue weighted by molar-refractivity contribution is 5.74. The molecule has 0 atom stereocenters. The molecule has 1 saturated heterocycles. The second-order valence-corrected chi connectivity index (χ2v) is 6.90. The second-order valence-electron chi connectivity index (χ2n) is 6.90. The number of hydrogen-bond donors (Lipinski definition) is 1. The Balaban J connectivity index is 1.40. The lowest BCUT2D eigenvalue weighted by atomic mass is 10.0. The third kappa shape index (κ3) is 4.71. The van der Waals surface area contributed by atoms with Gasteiger partial charge in [-0.2, -0.15) is 0 Å². The maximum Gasteiger partial charge on any atom is 0.317 e. The van der Waals surface area contributed by atoms with Gasteiger partial charge in [-0.1, -0.05) is 38.1 Å². The molecule has 0 bridgehead atoms. The zero-order valence-electron chi connectivity index (χ0n) is 15.6. The first-order valence-corrected chi connectivity index (χ1v) is 9.27. The molecule has 0 aliphatic carbocycles. The summed E-state index contributed by atoms with van der Waals surface area (Å²) in [6, 6.07) is 10.5. The Bertz CT molecular complexity index is 694. The molecule has 6 nitrogen and oxygen atoms in total. The zero-order valence-corrected chi connectivity index (χ0v) is 15.6. The van der Waals surface area contributed by atoms with Crippen molar-refractivity contribution in [2.24, 2.45) is 0 Å². The molecular weight excluding hydrogens is 326 g/mol. The Labute approximate surface area is 155 Å². The number of nitrogens with zero attached hydrogens (tertiary/aromatic N) is 4. The molecule has 26 heavy (non-hydrogen) atoms. The number of amides is 2. The Kier molecular flexibility index (Phi) is 6.04. The topological polar surface area (TPSA) is 61.4 Å². The fourth-order valence-electron chi connectivity index (χ4n) is 3.06. The van der Waals surface area contributed by atoms with Crippen molar-refractivity contribution in [3.05, 3.63) is 53.9 Å². The van der Waals surface area contributed by atoms with E-state index in [1.165, 1.54) is 11.1 Å². The molecule has 1 aromatic carbocycles. The fraction of sp³-hybridized carbons (Fsp3) is 0.450. The van der Waals surface area contributed by atoms with Gasteiger partial charge in [0.2, 0.25) is 5.95 Å². The molecule has 0 saturated carbocycles. The molecule has 1 fully saturated rings. The smallest absolute Gasteiger partial charge is 0.317 e. The number of rotatable bonds is 5. The molecule has 2 aromatic rings. The van der Waals surface area contributed by atoms with Gasteiger partial charge in [-0.05, 0) is 29.5 Å². The standard InChI is InChI=1S/C20H27N5O/c1-16(2)18-6-4-17(5-7-18)8-11-23-20(26)25-14-12-24(13-15-25)19-21-9-3-10-22-19/h3-7,9-10,16H,8,11-15H2,1-2H3,(H,23,26). The van der Waals surface area contributed by atoms with Crippen LogP contribution in [0.3, 0.4) is 0 Å². The summed E-state index contributed by atoms with van der Waals surface area (Å²) < 4.78 is 0. The van der Waals surface area contributed by atoms with Crippen LogP contribution in [-0.4, -0.2) is 53.6 Å². The van der Waals surface area contributed by atoms with Crippen LogP contribution in [-0.2, 0) is 6.42 Å². The van der Waals surface area contributed by atoms with Crippen LogP contribution in [0.5, 0.6) is 0 Å². The maximum atomic E-state index is 12.3. The summed E-state index contributed by atoms with van der Waals surface area (Å²) in [6.07, 6.45) is 4.34. The molecule has 6 heteroatoms. The Morgan fingerprint density at radius 2 is 1.73 bits per heavy atom. The largest absolute Gasteiger partial charge is 0.338 e. The molecular formula is C20H27N5O. The molecule has 1 aliphatic rings. The Morgan fingerprint density at radius 3 is 2.35 bits per heavy atom. The average molecular weight is 353 g/mol. The van der Waals surface area contributed by atoms with Gasteiger partial charge < -0.3 is 15.1 Å². The van der Waals surface area contributed by atoms with Crippen LogP contribution in [0.4, 0.5) is 10.7 Å². The summed E-state index contributed by atoms with van der Waals surface area (Å²) in [5, 5.41) is 3.03. The van der Waals surface area contributed by atoms with E-state index < -0.39 is 0 Å². The molecule has 0 radical (unpaired) electrons. The molecule has 1 aromatic heterocycles. The van der Waals surface area contributed by atoms with Crippen molar-refractivity contribution in [3.63, 3.8) is 0 Å². The number of carbonyl (C=O) groups excluding carboxylic acids is 1. The monoisotopic (exact) mass is 353 g/mol. The molecule has 138 valence electrons. The molecule has 2 amide bonds. The minimum atomic E-state index is 0.0115. The molecule has 1 N–H and O–H groups in total. The van der Waals surface area contributed by atoms with Gasteiger partial charge in [0.1, 0.15) is 0 Å². The summed E-state index contributed by atoms with van der Waals surface area (Å²) in [6.45, 7) is 7.93. The molecule has 0 spiro atoms. The van der Waals surface area contributed by atoms with Crippen molar-refractivity contribution in [2.75, 3.05) is 37.6 Å². The quantitative estimate of drug-likeness (QED) is 0.898. The van der Waals surface area contributed by atoms with Crippen LogP contribution in [0.25, 0.3) is 0 Å². The van der Waals surface area contributed by atoms with E-state index in [0.29, 0.717) is 25.6 Å². The van der Waals surface area contributed by atoms with Crippen LogP contribution in [0, 0.1) is 0 Å². The van der Waals surface area contributed by atoms with E-state index in [-0.39, 0.29) is 6.03 Å². The van der Waals surface area contributed by atoms with E-state index in [9.17, 15) is 4.79 Å². The second kappa shape index (κ2) is 8.65. The fourth-order valence-corrected chi connectivity index (χ4v) is 3.06. The van der Waals surface area contributed by atoms with Gasteiger partial charge in [0.25, 0.3) is 0 Å². The number of anilines is 1. The lowest BCUT2D eigenvalue weighted by Gasteiger charge is -2.34. The molecule has 3 rings (SSSR count). The van der Waals surface area contributed by atoms with Crippen LogP contribution < -0.4 is 10.2 Å². The first-order chi connectivity index (χ1) is 12.6. The van der Waals surface area contributed by atoms with Gasteiger partial charge in [0.05, 0.1) is 0 Å². The van der Waals surface area contributed by atoms with Crippen molar-refractivity contribution < 1.29 is 4.79 Å². The van der Waals surface area contributed by atoms with E-state index >= 15 is 0 Å². The van der Waals surface area contributed by atoms with Gasteiger partial charge in [-0.15, -0.1) is 0 Å². The molecule has 0 unspecified atom stereocenters. The highest BCUT2D eigenvalue weighted by Gasteiger charge is 2.22. The van der Waals surface area contributed by atoms with Crippen molar-refractivity contribution in [1.82, 2.24) is 20.2 Å². The highest BCUT2D eigenvalue weighted by Crippen LogP contribution is 2.15. The summed E-state index contributed by atoms with van der Waals surface area (Å²) in [5.41, 5.74) is 2.60. The predicted molar refractivity (Wildman–Crippen MR) is 103 cm³/mol. The number of benzene rings is 1. The van der Waals surface area contributed by atoms with E-state index in [4.69, 9.17) is 0 Å². The van der Waals surface area contributed by atoms with Gasteiger partial charge in [-0.3, -0.25) is 0 Å². The van der Waals surface area contributed by atoms with E-state index in [1.807, 2.05) is 11.0 Å². The minimum absolute atomic E-state index is 0.0115. The minimum Gasteiger partial charge on any atom is -0.338 e. The molecule has 2 heterocycles. The summed E-state index contributed by atoms with van der Waals surface area (Å²) in [5.74, 6) is 1.28. The van der Waals surface area contributed by atoms with Gasteiger partial charge in [-0.25, -0.2) is 14.8 Å². The highest BCUT2D eigenvalue weighted by atomic mass is 16.2. The predicted octanol–water partition coefficient (Wildman–Crippen LogP) is 2.67. The van der Waals surface area contributed by atoms with Gasteiger partial charge in [0, 0.05) is 45.1 Å². The van der Waals surface area contributed by atoms with Crippen LogP contribution in [0.2, 0.25) is 0 Å². The van der Waals surface area contributed by atoms with E-state index in [0.717, 1.165) is 25.5 Å². The van der Waals surface area contributed by atoms with E-state index in [2.05, 4.69) is 58.3 Å². The van der Waals surface area contributed by atoms with Crippen molar-refractivity contribution >= 4 is 12.0 Å². The van der Waals surface area contributed by atoms with Crippen molar-refractivity contribution in [1.29, 1.82) is 0 Å². The first-order valence-electron chi connectivity index (χ1n) is 9.27. The summed E-state index contributed by atoms with van der Waals surface area (Å²) in [4.78, 5) is 24.8. The normalized spacial score (nSPS) is 14.6. The van der Waals surface area contributed by atoms with E-state index in [1.54, 1.807) is 12.4 Å². The van der Waals surface area contributed by atoms with Gasteiger partial charge >= 0.3 is 6.03 Å². The lowest BCUT2D eigenvalue weighted by molar-refractivity contribution is 0.194. The summed E-state index contributed by atoms with van der Waals surface area (Å²) >= 11 is 0. The first kappa shape index (κ1) is 18.2. The third-order valence-corrected chi connectivity index (χ3v) is 4.74. The third-order valence-electron chi connectivity index (χ3n) is 4.74. The average Bonchev–Trinajstić information content (AvgIpc) is 2.69. The number of piperazine rings is 1. The maximum absolute atomic E-state index is 12.3. The Morgan fingerprint density at radius 1 is 1.08 bits per heavy atom. The van der Waals surface area contributed by atoms with Crippen molar-refractivity contribution in [3.8, 4) is 0 Å². The van der Waals surface area contributed by atoms with Crippen LogP contribution in [0.1, 0.15) is 30.9 Å². The lowest BCUT2D eigenvalue weighted by Crippen LogP contribution is -2.52. The number of nitrogens with one attached hydrogen (secondary N) is 1.